The molecule has 2 aromatic carbocycles. The molecule has 3 atom stereocenters. The first-order chi connectivity index (χ1) is 14.1. The number of rotatable bonds is 5. The first-order valence-electron chi connectivity index (χ1n) is 10.8. The molecule has 2 fully saturated rings. The highest BCUT2D eigenvalue weighted by molar-refractivity contribution is 5.77. The van der Waals surface area contributed by atoms with Crippen molar-refractivity contribution in [1.82, 2.24) is 4.90 Å². The number of likely N-dealkylation sites (tertiary alicyclic amines) is 1. The number of para-hydroxylation sites is 1. The highest BCUT2D eigenvalue weighted by Crippen LogP contribution is 2.47. The minimum absolute atomic E-state index is 0.114. The molecule has 4 nitrogen and oxygen atoms in total. The Morgan fingerprint density at radius 2 is 1.83 bits per heavy atom. The summed E-state index contributed by atoms with van der Waals surface area (Å²) in [5.74, 6) is 1.15. The standard InChI is InChI=1S/C25H31NO3/c1-29-23-14-8-5-9-19(23)15-16-24(27)26-18-17-25(28,20-10-3-2-4-11-20)21-12-6-7-13-22(21)26/h2-5,8-11,14,21-22,28H,6-7,12-13,15-18H2,1H3. The third kappa shape index (κ3) is 3.91. The molecule has 0 bridgehead atoms. The average molecular weight is 394 g/mol. The predicted octanol–water partition coefficient (Wildman–Crippen LogP) is 4.31. The molecule has 1 aliphatic carbocycles. The molecular weight excluding hydrogens is 362 g/mol. The number of piperidine rings is 1. The van der Waals surface area contributed by atoms with Gasteiger partial charge >= 0.3 is 0 Å². The molecule has 1 aliphatic heterocycles. The Balaban J connectivity index is 1.50. The summed E-state index contributed by atoms with van der Waals surface area (Å²) in [6.45, 7) is 0.622. The molecule has 4 heteroatoms. The van der Waals surface area contributed by atoms with Crippen LogP contribution in [0.15, 0.2) is 54.6 Å². The van der Waals surface area contributed by atoms with Crippen molar-refractivity contribution in [2.45, 2.75) is 56.6 Å². The van der Waals surface area contributed by atoms with Crippen molar-refractivity contribution < 1.29 is 14.6 Å². The third-order valence-electron chi connectivity index (χ3n) is 6.87. The van der Waals surface area contributed by atoms with Crippen LogP contribution in [0.5, 0.6) is 5.75 Å². The van der Waals surface area contributed by atoms with E-state index in [4.69, 9.17) is 4.74 Å². The molecular formula is C25H31NO3. The Morgan fingerprint density at radius 1 is 1.10 bits per heavy atom. The summed E-state index contributed by atoms with van der Waals surface area (Å²) in [5.41, 5.74) is 1.24. The number of fused-ring (bicyclic) bond motifs is 1. The fourth-order valence-corrected chi connectivity index (χ4v) is 5.37. The normalized spacial score (nSPS) is 26.6. The van der Waals surface area contributed by atoms with Gasteiger partial charge in [0.1, 0.15) is 5.75 Å². The van der Waals surface area contributed by atoms with E-state index in [0.717, 1.165) is 42.6 Å². The van der Waals surface area contributed by atoms with Crippen molar-refractivity contribution in [3.8, 4) is 5.75 Å². The minimum atomic E-state index is -0.828. The fraction of sp³-hybridized carbons (Fsp3) is 0.480. The van der Waals surface area contributed by atoms with Gasteiger partial charge in [0.2, 0.25) is 5.91 Å². The quantitative estimate of drug-likeness (QED) is 0.824. The third-order valence-corrected chi connectivity index (χ3v) is 6.87. The molecule has 3 unspecified atom stereocenters. The maximum atomic E-state index is 13.2. The number of carbonyl (C=O) groups excluding carboxylic acids is 1. The summed E-state index contributed by atoms with van der Waals surface area (Å²) in [7, 11) is 1.67. The second-order valence-electron chi connectivity index (χ2n) is 8.40. The van der Waals surface area contributed by atoms with Crippen LogP contribution >= 0.6 is 0 Å². The zero-order valence-corrected chi connectivity index (χ0v) is 17.2. The second kappa shape index (κ2) is 8.58. The maximum Gasteiger partial charge on any atom is 0.223 e. The molecule has 1 N–H and O–H groups in total. The highest BCUT2D eigenvalue weighted by atomic mass is 16.5. The Kier molecular flexibility index (Phi) is 5.91. The van der Waals surface area contributed by atoms with Crippen molar-refractivity contribution in [1.29, 1.82) is 0 Å². The number of hydrogen-bond donors (Lipinski definition) is 1. The van der Waals surface area contributed by atoms with Gasteiger partial charge in [-0.05, 0) is 42.9 Å². The van der Waals surface area contributed by atoms with Gasteiger partial charge in [-0.25, -0.2) is 0 Å². The van der Waals surface area contributed by atoms with Gasteiger partial charge in [-0.1, -0.05) is 61.4 Å². The second-order valence-corrected chi connectivity index (χ2v) is 8.40. The van der Waals surface area contributed by atoms with Crippen LogP contribution in [-0.4, -0.2) is 35.6 Å². The molecule has 154 valence electrons. The monoisotopic (exact) mass is 393 g/mol. The SMILES string of the molecule is COc1ccccc1CCC(=O)N1CCC(O)(c2ccccc2)C2CCCCC21. The number of aliphatic hydroxyl groups is 1. The van der Waals surface area contributed by atoms with Gasteiger partial charge in [-0.3, -0.25) is 4.79 Å². The fourth-order valence-electron chi connectivity index (χ4n) is 5.37. The molecule has 4 rings (SSSR count). The van der Waals surface area contributed by atoms with Gasteiger partial charge in [0.05, 0.1) is 12.7 Å². The van der Waals surface area contributed by atoms with Crippen LogP contribution in [0.1, 0.15) is 49.7 Å². The lowest BCUT2D eigenvalue weighted by atomic mass is 9.66. The first-order valence-corrected chi connectivity index (χ1v) is 10.8. The van der Waals surface area contributed by atoms with E-state index < -0.39 is 5.60 Å². The molecule has 0 radical (unpaired) electrons. The molecule has 1 saturated heterocycles. The van der Waals surface area contributed by atoms with Crippen LogP contribution in [0.4, 0.5) is 0 Å². The number of nitrogens with zero attached hydrogens (tertiary/aromatic N) is 1. The Labute approximate surface area is 173 Å². The van der Waals surface area contributed by atoms with E-state index in [2.05, 4.69) is 4.90 Å². The Morgan fingerprint density at radius 3 is 2.62 bits per heavy atom. The average Bonchev–Trinajstić information content (AvgIpc) is 2.78. The van der Waals surface area contributed by atoms with Gasteiger partial charge in [0.25, 0.3) is 0 Å². The van der Waals surface area contributed by atoms with Crippen LogP contribution < -0.4 is 4.74 Å². The number of methoxy groups -OCH3 is 1. The summed E-state index contributed by atoms with van der Waals surface area (Å²) in [6.07, 6.45) is 5.99. The lowest BCUT2D eigenvalue weighted by Gasteiger charge is -2.52. The van der Waals surface area contributed by atoms with Crippen molar-refractivity contribution in [3.05, 3.63) is 65.7 Å². The summed E-state index contributed by atoms with van der Waals surface area (Å²) in [5, 5.41) is 11.7. The van der Waals surface area contributed by atoms with Gasteiger partial charge in [-0.2, -0.15) is 0 Å². The van der Waals surface area contributed by atoms with E-state index >= 15 is 0 Å². The van der Waals surface area contributed by atoms with E-state index in [1.54, 1.807) is 7.11 Å². The Bertz CT molecular complexity index is 837. The largest absolute Gasteiger partial charge is 0.496 e. The molecule has 2 aromatic rings. The summed E-state index contributed by atoms with van der Waals surface area (Å²) in [4.78, 5) is 15.2. The van der Waals surface area contributed by atoms with E-state index in [9.17, 15) is 9.90 Å². The number of aryl methyl sites for hydroxylation is 1. The highest BCUT2D eigenvalue weighted by Gasteiger charge is 2.50. The van der Waals surface area contributed by atoms with Crippen LogP contribution in [0.3, 0.4) is 0 Å². The smallest absolute Gasteiger partial charge is 0.223 e. The maximum absolute atomic E-state index is 13.2. The van der Waals surface area contributed by atoms with Crippen LogP contribution in [-0.2, 0) is 16.8 Å². The van der Waals surface area contributed by atoms with Crippen molar-refractivity contribution >= 4 is 5.91 Å². The van der Waals surface area contributed by atoms with Crippen LogP contribution in [0, 0.1) is 5.92 Å². The van der Waals surface area contributed by atoms with E-state index in [1.165, 1.54) is 0 Å². The summed E-state index contributed by atoms with van der Waals surface area (Å²) >= 11 is 0. The number of amides is 1. The van der Waals surface area contributed by atoms with Gasteiger partial charge in [-0.15, -0.1) is 0 Å². The van der Waals surface area contributed by atoms with Gasteiger partial charge in [0.15, 0.2) is 0 Å². The van der Waals surface area contributed by atoms with Crippen molar-refractivity contribution in [2.75, 3.05) is 13.7 Å². The number of ether oxygens (including phenoxy) is 1. The lowest BCUT2D eigenvalue weighted by molar-refractivity contribution is -0.154. The summed E-state index contributed by atoms with van der Waals surface area (Å²) < 4.78 is 5.43. The van der Waals surface area contributed by atoms with Crippen LogP contribution in [0.2, 0.25) is 0 Å². The van der Waals surface area contributed by atoms with Crippen LogP contribution in [0.25, 0.3) is 0 Å². The van der Waals surface area contributed by atoms with Gasteiger partial charge < -0.3 is 14.7 Å². The van der Waals surface area contributed by atoms with Gasteiger partial charge in [0, 0.05) is 24.9 Å². The van der Waals surface area contributed by atoms with E-state index in [-0.39, 0.29) is 17.9 Å². The molecule has 29 heavy (non-hydrogen) atoms. The van der Waals surface area contributed by atoms with Crippen molar-refractivity contribution in [2.24, 2.45) is 5.92 Å². The van der Waals surface area contributed by atoms with E-state index in [1.807, 2.05) is 54.6 Å². The molecule has 0 spiro atoms. The topological polar surface area (TPSA) is 49.8 Å². The predicted molar refractivity (Wildman–Crippen MR) is 114 cm³/mol. The number of carbonyl (C=O) groups is 1. The molecule has 0 aromatic heterocycles. The summed E-state index contributed by atoms with van der Waals surface area (Å²) in [6, 6.07) is 18.1. The first kappa shape index (κ1) is 20.0. The zero-order chi connectivity index (χ0) is 20.3. The molecule has 1 amide bonds. The Hall–Kier alpha value is -2.33. The molecule has 1 heterocycles. The number of hydrogen-bond acceptors (Lipinski definition) is 3. The van der Waals surface area contributed by atoms with E-state index in [0.29, 0.717) is 25.8 Å². The molecule has 2 aliphatic rings. The molecule has 1 saturated carbocycles. The van der Waals surface area contributed by atoms with Crippen molar-refractivity contribution in [3.63, 3.8) is 0 Å². The lowest BCUT2D eigenvalue weighted by Crippen LogP contribution is -2.59. The minimum Gasteiger partial charge on any atom is -0.496 e. The zero-order valence-electron chi connectivity index (χ0n) is 17.2. The number of benzene rings is 2.